The van der Waals surface area contributed by atoms with E-state index in [1.54, 1.807) is 0 Å². The minimum absolute atomic E-state index is 0.0204. The SMILES string of the molecule is Cc1ccc(F)c(NC(=O)NC2COCC2C(=O)O)c1F. The monoisotopic (exact) mass is 300 g/mol. The van der Waals surface area contributed by atoms with Gasteiger partial charge in [-0.25, -0.2) is 13.6 Å². The molecule has 1 aromatic rings. The predicted molar refractivity (Wildman–Crippen MR) is 69.0 cm³/mol. The maximum atomic E-state index is 13.7. The lowest BCUT2D eigenvalue weighted by molar-refractivity contribution is -0.142. The number of aryl methyl sites for hydroxylation is 1. The van der Waals surface area contributed by atoms with Crippen LogP contribution >= 0.6 is 0 Å². The summed E-state index contributed by atoms with van der Waals surface area (Å²) in [6, 6.07) is 0.643. The Morgan fingerprint density at radius 3 is 2.71 bits per heavy atom. The van der Waals surface area contributed by atoms with Gasteiger partial charge in [-0.05, 0) is 18.6 Å². The zero-order chi connectivity index (χ0) is 15.6. The van der Waals surface area contributed by atoms with Crippen molar-refractivity contribution in [2.24, 2.45) is 5.92 Å². The van der Waals surface area contributed by atoms with E-state index in [4.69, 9.17) is 9.84 Å². The Morgan fingerprint density at radius 1 is 1.33 bits per heavy atom. The first-order valence-corrected chi connectivity index (χ1v) is 6.23. The number of carboxylic acid groups (broad SMARTS) is 1. The molecule has 3 N–H and O–H groups in total. The molecule has 8 heteroatoms. The second-order valence-corrected chi connectivity index (χ2v) is 4.74. The number of carbonyl (C=O) groups excluding carboxylic acids is 1. The summed E-state index contributed by atoms with van der Waals surface area (Å²) in [7, 11) is 0. The summed E-state index contributed by atoms with van der Waals surface area (Å²) in [5.74, 6) is -3.78. The third-order valence-electron chi connectivity index (χ3n) is 3.24. The van der Waals surface area contributed by atoms with Gasteiger partial charge in [0.25, 0.3) is 0 Å². The van der Waals surface area contributed by atoms with Crippen LogP contribution in [0.25, 0.3) is 0 Å². The van der Waals surface area contributed by atoms with Gasteiger partial charge < -0.3 is 20.5 Å². The number of urea groups is 1. The van der Waals surface area contributed by atoms with E-state index >= 15 is 0 Å². The molecule has 0 aliphatic carbocycles. The van der Waals surface area contributed by atoms with Crippen molar-refractivity contribution in [2.75, 3.05) is 18.5 Å². The average molecular weight is 300 g/mol. The molecule has 6 nitrogen and oxygen atoms in total. The van der Waals surface area contributed by atoms with Crippen LogP contribution < -0.4 is 10.6 Å². The standard InChI is InChI=1S/C13H14F2N2O4/c1-6-2-3-8(14)11(10(6)15)17-13(20)16-9-5-21-4-7(9)12(18)19/h2-3,7,9H,4-5H2,1H3,(H,18,19)(H2,16,17,20). The summed E-state index contributed by atoms with van der Waals surface area (Å²) in [5, 5.41) is 13.3. The van der Waals surface area contributed by atoms with Crippen molar-refractivity contribution in [2.45, 2.75) is 13.0 Å². The number of amides is 2. The number of nitrogens with one attached hydrogen (secondary N) is 2. The Bertz CT molecular complexity index is 580. The van der Waals surface area contributed by atoms with Gasteiger partial charge in [-0.3, -0.25) is 4.79 Å². The molecule has 0 aromatic heterocycles. The largest absolute Gasteiger partial charge is 0.481 e. The highest BCUT2D eigenvalue weighted by Gasteiger charge is 2.35. The molecular weight excluding hydrogens is 286 g/mol. The number of hydrogen-bond donors (Lipinski definition) is 3. The number of benzene rings is 1. The van der Waals surface area contributed by atoms with E-state index in [0.717, 1.165) is 6.07 Å². The van der Waals surface area contributed by atoms with Gasteiger partial charge in [0.2, 0.25) is 0 Å². The Hall–Kier alpha value is -2.22. The predicted octanol–water partition coefficient (Wildman–Crippen LogP) is 1.49. The first-order valence-electron chi connectivity index (χ1n) is 6.23. The quantitative estimate of drug-likeness (QED) is 0.789. The molecule has 2 rings (SSSR count). The van der Waals surface area contributed by atoms with E-state index in [2.05, 4.69) is 10.6 Å². The molecule has 1 fully saturated rings. The van der Waals surface area contributed by atoms with E-state index in [9.17, 15) is 18.4 Å². The summed E-state index contributed by atoms with van der Waals surface area (Å²) < 4.78 is 32.2. The number of carboxylic acids is 1. The van der Waals surface area contributed by atoms with Gasteiger partial charge in [0.15, 0.2) is 5.82 Å². The summed E-state index contributed by atoms with van der Waals surface area (Å²) in [6.07, 6.45) is 0. The normalized spacial score (nSPS) is 21.1. The summed E-state index contributed by atoms with van der Waals surface area (Å²) >= 11 is 0. The Labute approximate surface area is 119 Å². The highest BCUT2D eigenvalue weighted by atomic mass is 19.1. The molecule has 1 saturated heterocycles. The minimum atomic E-state index is -1.11. The first-order chi connectivity index (χ1) is 9.90. The van der Waals surface area contributed by atoms with Crippen molar-refractivity contribution in [3.05, 3.63) is 29.3 Å². The van der Waals surface area contributed by atoms with E-state index in [-0.39, 0.29) is 18.8 Å². The third kappa shape index (κ3) is 3.27. The van der Waals surface area contributed by atoms with Crippen LogP contribution in [-0.4, -0.2) is 36.4 Å². The van der Waals surface area contributed by atoms with E-state index in [0.29, 0.717) is 0 Å². The highest BCUT2D eigenvalue weighted by Crippen LogP contribution is 2.22. The lowest BCUT2D eigenvalue weighted by Gasteiger charge is -2.17. The van der Waals surface area contributed by atoms with Crippen LogP contribution in [0.1, 0.15) is 5.56 Å². The van der Waals surface area contributed by atoms with Crippen molar-refractivity contribution in [3.63, 3.8) is 0 Å². The van der Waals surface area contributed by atoms with Crippen LogP contribution in [-0.2, 0) is 9.53 Å². The lowest BCUT2D eigenvalue weighted by atomic mass is 10.0. The van der Waals surface area contributed by atoms with Crippen LogP contribution in [0.2, 0.25) is 0 Å². The fraction of sp³-hybridized carbons (Fsp3) is 0.385. The average Bonchev–Trinajstić information content (AvgIpc) is 2.87. The Morgan fingerprint density at radius 2 is 2.05 bits per heavy atom. The molecule has 2 amide bonds. The van der Waals surface area contributed by atoms with Crippen molar-refractivity contribution >= 4 is 17.7 Å². The van der Waals surface area contributed by atoms with Crippen molar-refractivity contribution < 1.29 is 28.2 Å². The molecule has 0 bridgehead atoms. The van der Waals surface area contributed by atoms with Crippen molar-refractivity contribution in [3.8, 4) is 0 Å². The third-order valence-corrected chi connectivity index (χ3v) is 3.24. The minimum Gasteiger partial charge on any atom is -0.481 e. The molecule has 2 atom stereocenters. The maximum absolute atomic E-state index is 13.7. The lowest BCUT2D eigenvalue weighted by Crippen LogP contribution is -2.44. The van der Waals surface area contributed by atoms with E-state index in [1.807, 2.05) is 0 Å². The van der Waals surface area contributed by atoms with Gasteiger partial charge in [0, 0.05) is 0 Å². The number of ether oxygens (including phenoxy) is 1. The second kappa shape index (κ2) is 6.04. The van der Waals surface area contributed by atoms with Crippen molar-refractivity contribution in [1.82, 2.24) is 5.32 Å². The second-order valence-electron chi connectivity index (χ2n) is 4.74. The molecule has 2 unspecified atom stereocenters. The molecule has 1 heterocycles. The van der Waals surface area contributed by atoms with Crippen LogP contribution in [0.15, 0.2) is 12.1 Å². The smallest absolute Gasteiger partial charge is 0.319 e. The topological polar surface area (TPSA) is 87.7 Å². The van der Waals surface area contributed by atoms with Crippen LogP contribution in [0.5, 0.6) is 0 Å². The van der Waals surface area contributed by atoms with Crippen LogP contribution in [0.4, 0.5) is 19.3 Å². The molecule has 1 aliphatic rings. The molecular formula is C13H14F2N2O4. The number of halogens is 2. The zero-order valence-electron chi connectivity index (χ0n) is 11.2. The summed E-state index contributed by atoms with van der Waals surface area (Å²) in [6.45, 7) is 1.44. The Kier molecular flexibility index (Phi) is 4.37. The number of rotatable bonds is 3. The molecule has 1 aliphatic heterocycles. The van der Waals surface area contributed by atoms with E-state index in [1.165, 1.54) is 13.0 Å². The first kappa shape index (κ1) is 15.2. The molecule has 0 saturated carbocycles. The van der Waals surface area contributed by atoms with Crippen LogP contribution in [0.3, 0.4) is 0 Å². The van der Waals surface area contributed by atoms with E-state index < -0.39 is 41.3 Å². The fourth-order valence-electron chi connectivity index (χ4n) is 2.03. The molecule has 1 aromatic carbocycles. The number of hydrogen-bond acceptors (Lipinski definition) is 3. The molecule has 21 heavy (non-hydrogen) atoms. The molecule has 114 valence electrons. The van der Waals surface area contributed by atoms with Crippen molar-refractivity contribution in [1.29, 1.82) is 0 Å². The zero-order valence-corrected chi connectivity index (χ0v) is 11.2. The maximum Gasteiger partial charge on any atom is 0.319 e. The summed E-state index contributed by atoms with van der Waals surface area (Å²) in [5.41, 5.74) is -0.391. The van der Waals surface area contributed by atoms with Gasteiger partial charge in [-0.15, -0.1) is 0 Å². The number of carbonyl (C=O) groups is 2. The fourth-order valence-corrected chi connectivity index (χ4v) is 2.03. The number of aliphatic carboxylic acids is 1. The Balaban J connectivity index is 2.06. The van der Waals surface area contributed by atoms with Gasteiger partial charge in [-0.1, -0.05) is 6.07 Å². The summed E-state index contributed by atoms with van der Waals surface area (Å²) in [4.78, 5) is 22.7. The molecule has 0 radical (unpaired) electrons. The number of anilines is 1. The van der Waals surface area contributed by atoms with Gasteiger partial charge in [0.1, 0.15) is 17.4 Å². The molecule has 0 spiro atoms. The van der Waals surface area contributed by atoms with Gasteiger partial charge in [-0.2, -0.15) is 0 Å². The highest BCUT2D eigenvalue weighted by molar-refractivity contribution is 5.90. The van der Waals surface area contributed by atoms with Crippen LogP contribution in [0, 0.1) is 24.5 Å². The van der Waals surface area contributed by atoms with Gasteiger partial charge >= 0.3 is 12.0 Å². The van der Waals surface area contributed by atoms with Gasteiger partial charge in [0.05, 0.1) is 19.3 Å².